The molecule has 26 heavy (non-hydrogen) atoms. The lowest BCUT2D eigenvalue weighted by molar-refractivity contribution is -0.908. The largest absolute Gasteiger partial charge is 0.492 e. The molecule has 0 radical (unpaired) electrons. The minimum absolute atomic E-state index is 0.0833. The van der Waals surface area contributed by atoms with Gasteiger partial charge < -0.3 is 33.7 Å². The van der Waals surface area contributed by atoms with E-state index >= 15 is 0 Å². The number of fused-ring (bicyclic) bond motifs is 2. The number of methoxy groups -OCH3 is 1. The Morgan fingerprint density at radius 1 is 1.31 bits per heavy atom. The maximum absolute atomic E-state index is 12.7. The van der Waals surface area contributed by atoms with Crippen molar-refractivity contribution in [2.24, 2.45) is 0 Å². The summed E-state index contributed by atoms with van der Waals surface area (Å²) in [7, 11) is 3.50. The molecular formula is C18H22NO7+. The summed E-state index contributed by atoms with van der Waals surface area (Å²) in [6, 6.07) is 1.41. The van der Waals surface area contributed by atoms with E-state index in [0.29, 0.717) is 17.2 Å². The third-order valence-electron chi connectivity index (χ3n) is 4.94. The molecule has 140 valence electrons. The van der Waals surface area contributed by atoms with Gasteiger partial charge in [-0.1, -0.05) is 0 Å². The molecule has 8 nitrogen and oxygen atoms in total. The summed E-state index contributed by atoms with van der Waals surface area (Å²) >= 11 is 0. The molecule has 4 rings (SSSR count). The Balaban J connectivity index is 1.91. The lowest BCUT2D eigenvalue weighted by Gasteiger charge is -2.37. The quantitative estimate of drug-likeness (QED) is 0.744. The van der Waals surface area contributed by atoms with Crippen molar-refractivity contribution in [2.45, 2.75) is 32.1 Å². The number of ether oxygens (including phenoxy) is 5. The Labute approximate surface area is 150 Å². The summed E-state index contributed by atoms with van der Waals surface area (Å²) in [5, 5.41) is 10.5. The maximum Gasteiger partial charge on any atom is 0.351 e. The Hall–Kier alpha value is -2.61. The molecule has 2 atom stereocenters. The van der Waals surface area contributed by atoms with Crippen molar-refractivity contribution < 1.29 is 38.5 Å². The van der Waals surface area contributed by atoms with E-state index in [-0.39, 0.29) is 12.4 Å². The molecule has 0 fully saturated rings. The number of esters is 1. The maximum atomic E-state index is 12.7. The van der Waals surface area contributed by atoms with E-state index in [2.05, 4.69) is 0 Å². The number of nitrogens with one attached hydrogen (secondary N) is 1. The molecule has 1 unspecified atom stereocenters. The number of carbonyl (C=O) groups is 1. The Morgan fingerprint density at radius 3 is 2.77 bits per heavy atom. The fourth-order valence-corrected chi connectivity index (χ4v) is 3.83. The van der Waals surface area contributed by atoms with Crippen molar-refractivity contribution in [1.82, 2.24) is 0 Å². The van der Waals surface area contributed by atoms with E-state index in [1.165, 1.54) is 0 Å². The molecule has 0 amide bonds. The number of aliphatic hydroxyl groups is 1. The van der Waals surface area contributed by atoms with E-state index in [1.807, 2.05) is 13.1 Å². The van der Waals surface area contributed by atoms with Crippen molar-refractivity contribution >= 4 is 5.97 Å². The van der Waals surface area contributed by atoms with Crippen LogP contribution < -0.4 is 19.1 Å². The molecule has 0 saturated heterocycles. The molecule has 1 aromatic carbocycles. The van der Waals surface area contributed by atoms with E-state index in [1.54, 1.807) is 21.0 Å². The zero-order valence-electron chi connectivity index (χ0n) is 15.2. The first kappa shape index (κ1) is 16.8. The minimum Gasteiger partial charge on any atom is -0.492 e. The van der Waals surface area contributed by atoms with Crippen LogP contribution in [0, 0.1) is 0 Å². The second kappa shape index (κ2) is 5.70. The molecular weight excluding hydrogens is 342 g/mol. The molecule has 0 spiro atoms. The highest BCUT2D eigenvalue weighted by Gasteiger charge is 2.47. The third-order valence-corrected chi connectivity index (χ3v) is 4.94. The number of hydrogen-bond donors (Lipinski definition) is 2. The predicted octanol–water partition coefficient (Wildman–Crippen LogP) is 0.615. The van der Waals surface area contributed by atoms with Crippen molar-refractivity contribution in [3.8, 4) is 17.2 Å². The molecule has 1 aromatic rings. The monoisotopic (exact) mass is 364 g/mol. The van der Waals surface area contributed by atoms with Gasteiger partial charge in [-0.3, -0.25) is 0 Å². The summed E-state index contributed by atoms with van der Waals surface area (Å²) in [4.78, 5) is 13.7. The molecule has 0 aliphatic carbocycles. The van der Waals surface area contributed by atoms with Crippen LogP contribution in [-0.4, -0.2) is 44.4 Å². The highest BCUT2D eigenvalue weighted by Crippen LogP contribution is 2.49. The third kappa shape index (κ3) is 2.44. The number of benzene rings is 1. The van der Waals surface area contributed by atoms with E-state index in [9.17, 15) is 9.90 Å². The van der Waals surface area contributed by atoms with Gasteiger partial charge >= 0.3 is 5.97 Å². The summed E-state index contributed by atoms with van der Waals surface area (Å²) in [5.41, 5.74) is 1.85. The molecule has 3 aliphatic heterocycles. The van der Waals surface area contributed by atoms with Crippen LogP contribution in [0.15, 0.2) is 17.6 Å². The van der Waals surface area contributed by atoms with Gasteiger partial charge in [-0.05, 0) is 11.6 Å². The summed E-state index contributed by atoms with van der Waals surface area (Å²) < 4.78 is 27.5. The first-order chi connectivity index (χ1) is 12.3. The number of carbonyl (C=O) groups excluding carboxylic acids is 1. The van der Waals surface area contributed by atoms with Gasteiger partial charge in [0.25, 0.3) is 11.7 Å². The zero-order valence-corrected chi connectivity index (χ0v) is 15.2. The molecule has 3 heterocycles. The number of hydrogen-bond acceptors (Lipinski definition) is 7. The van der Waals surface area contributed by atoms with Crippen molar-refractivity contribution in [3.05, 3.63) is 28.7 Å². The van der Waals surface area contributed by atoms with Gasteiger partial charge in [-0.2, -0.15) is 0 Å². The van der Waals surface area contributed by atoms with Crippen LogP contribution in [0.25, 0.3) is 0 Å². The molecule has 3 aliphatic rings. The van der Waals surface area contributed by atoms with Crippen LogP contribution in [0.3, 0.4) is 0 Å². The first-order valence-corrected chi connectivity index (χ1v) is 8.49. The number of rotatable bonds is 2. The standard InChI is InChI=1S/C18H21NO7/c1-18(2)25-16(20)12(17(21)26-18)13-11-9(5-6-19(13)3)7-10-14(15(11)22-4)24-8-23-10/h7,13,20H,5-6,8H2,1-4H3/p+1/t13-/m1/s1. The Bertz CT molecular complexity index is 814. The van der Waals surface area contributed by atoms with Gasteiger partial charge in [0, 0.05) is 20.3 Å². The number of likely N-dealkylation sites (N-methyl/N-ethyl adjacent to an activating group) is 1. The normalized spacial score (nSPS) is 26.1. The van der Waals surface area contributed by atoms with Crippen molar-refractivity contribution in [1.29, 1.82) is 0 Å². The summed E-state index contributed by atoms with van der Waals surface area (Å²) in [5.74, 6) is -0.581. The summed E-state index contributed by atoms with van der Waals surface area (Å²) in [6.07, 6.45) is 0.778. The lowest BCUT2D eigenvalue weighted by Crippen LogP contribution is -3.10. The van der Waals surface area contributed by atoms with Crippen LogP contribution in [0.2, 0.25) is 0 Å². The SMILES string of the molecule is COc1c2c(cc3c1[C@H](C1=C(O)OC(C)(C)OC1=O)[NH+](C)CC3)OCO2. The predicted molar refractivity (Wildman–Crippen MR) is 88.2 cm³/mol. The molecule has 0 saturated carbocycles. The molecule has 8 heteroatoms. The topological polar surface area (TPSA) is 87.9 Å². The number of aliphatic hydroxyl groups excluding tert-OH is 1. The van der Waals surface area contributed by atoms with Gasteiger partial charge in [0.05, 0.1) is 26.3 Å². The van der Waals surface area contributed by atoms with Crippen LogP contribution in [0.5, 0.6) is 17.2 Å². The van der Waals surface area contributed by atoms with Gasteiger partial charge in [-0.25, -0.2) is 4.79 Å². The Morgan fingerprint density at radius 2 is 2.08 bits per heavy atom. The highest BCUT2D eigenvalue weighted by molar-refractivity contribution is 5.91. The average Bonchev–Trinajstić information content (AvgIpc) is 3.01. The van der Waals surface area contributed by atoms with Gasteiger partial charge in [0.15, 0.2) is 23.1 Å². The van der Waals surface area contributed by atoms with E-state index < -0.39 is 23.7 Å². The van der Waals surface area contributed by atoms with Crippen LogP contribution in [0.1, 0.15) is 31.0 Å². The van der Waals surface area contributed by atoms with Gasteiger partial charge in [0.2, 0.25) is 12.5 Å². The Kier molecular flexibility index (Phi) is 3.69. The number of quaternary nitrogens is 1. The van der Waals surface area contributed by atoms with Crippen molar-refractivity contribution in [2.75, 3.05) is 27.5 Å². The zero-order chi connectivity index (χ0) is 18.6. The van der Waals surface area contributed by atoms with Crippen molar-refractivity contribution in [3.63, 3.8) is 0 Å². The minimum atomic E-state index is -1.21. The van der Waals surface area contributed by atoms with E-state index in [0.717, 1.165) is 29.0 Å². The second-order valence-electron chi connectivity index (χ2n) is 7.11. The van der Waals surface area contributed by atoms with Crippen LogP contribution in [0.4, 0.5) is 0 Å². The smallest absolute Gasteiger partial charge is 0.351 e. The van der Waals surface area contributed by atoms with E-state index in [4.69, 9.17) is 23.7 Å². The number of cyclic esters (lactones) is 1. The van der Waals surface area contributed by atoms with Gasteiger partial charge in [0.1, 0.15) is 0 Å². The summed E-state index contributed by atoms with van der Waals surface area (Å²) in [6.45, 7) is 4.02. The fourth-order valence-electron chi connectivity index (χ4n) is 3.83. The van der Waals surface area contributed by atoms with Crippen LogP contribution >= 0.6 is 0 Å². The lowest BCUT2D eigenvalue weighted by atomic mass is 9.86. The highest BCUT2D eigenvalue weighted by atomic mass is 16.8. The fraction of sp³-hybridized carbons (Fsp3) is 0.500. The van der Waals surface area contributed by atoms with Gasteiger partial charge in [-0.15, -0.1) is 0 Å². The molecule has 2 N–H and O–H groups in total. The average molecular weight is 364 g/mol. The molecule has 0 aromatic heterocycles. The van der Waals surface area contributed by atoms with Crippen LogP contribution in [-0.2, 0) is 20.7 Å². The second-order valence-corrected chi connectivity index (χ2v) is 7.11. The molecule has 0 bridgehead atoms. The first-order valence-electron chi connectivity index (χ1n) is 8.49.